The van der Waals surface area contributed by atoms with Gasteiger partial charge in [-0.1, -0.05) is 0 Å². The van der Waals surface area contributed by atoms with E-state index in [0.29, 0.717) is 66.3 Å². The number of carbonyl (C=O) groups is 1. The minimum absolute atomic E-state index is 0.0342. The number of hydrogen-bond acceptors (Lipinski definition) is 11. The van der Waals surface area contributed by atoms with Crippen molar-refractivity contribution in [1.82, 2.24) is 34.6 Å². The second kappa shape index (κ2) is 9.36. The molecule has 0 bridgehead atoms. The Hall–Kier alpha value is -4.05. The molecule has 1 amide bonds. The van der Waals surface area contributed by atoms with E-state index in [1.165, 1.54) is 10.8 Å². The Labute approximate surface area is 214 Å². The maximum Gasteiger partial charge on any atom is 0.377 e. The van der Waals surface area contributed by atoms with Gasteiger partial charge in [0.2, 0.25) is 6.41 Å². The highest BCUT2D eigenvalue weighted by atomic mass is 16.7. The molecule has 2 atom stereocenters. The van der Waals surface area contributed by atoms with Crippen molar-refractivity contribution in [3.05, 3.63) is 34.9 Å². The van der Waals surface area contributed by atoms with E-state index in [1.807, 2.05) is 6.07 Å². The maximum atomic E-state index is 13.2. The predicted octanol–water partition coefficient (Wildman–Crippen LogP) is -0.566. The second-order valence-corrected chi connectivity index (χ2v) is 9.46. The van der Waals surface area contributed by atoms with Crippen molar-refractivity contribution in [2.45, 2.75) is 37.4 Å². The van der Waals surface area contributed by atoms with Crippen LogP contribution in [0.15, 0.2) is 29.2 Å². The van der Waals surface area contributed by atoms with Crippen LogP contribution < -0.4 is 21.2 Å². The van der Waals surface area contributed by atoms with Crippen LogP contribution in [0.4, 0.5) is 17.5 Å². The Bertz CT molecular complexity index is 1550. The number of hydrogen-bond donors (Lipinski definition) is 6. The minimum Gasteiger partial charge on any atom is -0.378 e. The zero-order chi connectivity index (χ0) is 26.4. The molecule has 1 saturated carbocycles. The summed E-state index contributed by atoms with van der Waals surface area (Å²) in [5.41, 5.74) is 0.150. The molecule has 15 nitrogen and oxygen atoms in total. The zero-order valence-electron chi connectivity index (χ0n) is 20.2. The Morgan fingerprint density at radius 1 is 1.13 bits per heavy atom. The number of morpholine rings is 1. The van der Waals surface area contributed by atoms with Crippen LogP contribution in [0.1, 0.15) is 25.3 Å². The van der Waals surface area contributed by atoms with E-state index in [-0.39, 0.29) is 17.6 Å². The van der Waals surface area contributed by atoms with Gasteiger partial charge in [0.05, 0.1) is 35.8 Å². The molecule has 0 spiro atoms. The number of anilines is 3. The molecule has 5 heterocycles. The number of H-pyrrole nitrogens is 1. The highest BCUT2D eigenvalue weighted by Crippen LogP contribution is 2.33. The van der Waals surface area contributed by atoms with Crippen LogP contribution in [0, 0.1) is 0 Å². The number of aromatic nitrogens is 6. The number of carbonyl (C=O) groups excluding carboxylic acids is 1. The number of ether oxygens (including phenoxy) is 1. The lowest BCUT2D eigenvalue weighted by atomic mass is 10.2. The molecule has 1 aliphatic carbocycles. The summed E-state index contributed by atoms with van der Waals surface area (Å²) in [5, 5.41) is 43.8. The molecular weight excluding hydrogens is 498 g/mol. The first-order chi connectivity index (χ1) is 18.3. The van der Waals surface area contributed by atoms with E-state index >= 15 is 0 Å². The average molecular weight is 526 g/mol. The summed E-state index contributed by atoms with van der Waals surface area (Å²) < 4.78 is 7.29. The number of imidazole rings is 1. The highest BCUT2D eigenvalue weighted by molar-refractivity contribution is 5.89. The summed E-state index contributed by atoms with van der Waals surface area (Å²) in [5.74, 6) is 1.64. The Morgan fingerprint density at radius 2 is 1.95 bits per heavy atom. The molecular formula is C23H27N9O6. The van der Waals surface area contributed by atoms with Crippen molar-refractivity contribution in [3.8, 4) is 0 Å². The molecule has 6 rings (SSSR count). The smallest absolute Gasteiger partial charge is 0.377 e. The summed E-state index contributed by atoms with van der Waals surface area (Å²) in [7, 11) is 0. The fraction of sp³-hybridized carbons (Fsp3) is 0.435. The number of nitrogens with one attached hydrogen (secondary N) is 3. The van der Waals surface area contributed by atoms with E-state index in [4.69, 9.17) is 4.74 Å². The van der Waals surface area contributed by atoms with Gasteiger partial charge >= 0.3 is 11.8 Å². The third-order valence-corrected chi connectivity index (χ3v) is 7.10. The molecule has 0 aromatic carbocycles. The summed E-state index contributed by atoms with van der Waals surface area (Å²) in [6.45, 7) is 2.77. The lowest BCUT2D eigenvalue weighted by molar-refractivity contribution is -0.374. The number of rotatable bonds is 7. The van der Waals surface area contributed by atoms with Crippen LogP contribution >= 0.6 is 0 Å². The van der Waals surface area contributed by atoms with E-state index in [9.17, 15) is 24.9 Å². The van der Waals surface area contributed by atoms with Crippen LogP contribution in [0.5, 0.6) is 0 Å². The number of fused-ring (bicyclic) bond motifs is 2. The minimum atomic E-state index is -3.42. The molecule has 38 heavy (non-hydrogen) atoms. The largest absolute Gasteiger partial charge is 0.378 e. The molecule has 1 saturated heterocycles. The quantitative estimate of drug-likeness (QED) is 0.134. The van der Waals surface area contributed by atoms with Crippen LogP contribution in [0.25, 0.3) is 22.1 Å². The second-order valence-electron chi connectivity index (χ2n) is 9.46. The van der Waals surface area contributed by atoms with Gasteiger partial charge in [-0.25, -0.2) is 19.3 Å². The Balaban J connectivity index is 1.34. The third kappa shape index (κ3) is 4.24. The summed E-state index contributed by atoms with van der Waals surface area (Å²) in [6, 6.07) is 4.83. The zero-order valence-corrected chi connectivity index (χ0v) is 20.2. The van der Waals surface area contributed by atoms with Crippen LogP contribution in [-0.4, -0.2) is 83.4 Å². The first kappa shape index (κ1) is 24.3. The van der Waals surface area contributed by atoms with Gasteiger partial charge in [-0.3, -0.25) is 14.5 Å². The average Bonchev–Trinajstić information content (AvgIpc) is 3.59. The van der Waals surface area contributed by atoms with E-state index in [0.717, 1.165) is 24.3 Å². The number of aromatic amines is 1. The molecule has 2 unspecified atom stereocenters. The van der Waals surface area contributed by atoms with Gasteiger partial charge in [0, 0.05) is 31.2 Å². The first-order valence-corrected chi connectivity index (χ1v) is 12.3. The first-order valence-electron chi connectivity index (χ1n) is 12.3. The number of pyridine rings is 2. The molecule has 2 aliphatic rings. The highest BCUT2D eigenvalue weighted by Gasteiger charge is 2.34. The Morgan fingerprint density at radius 3 is 2.71 bits per heavy atom. The fourth-order valence-electron chi connectivity index (χ4n) is 5.38. The normalized spacial score (nSPS) is 20.3. The summed E-state index contributed by atoms with van der Waals surface area (Å²) in [6.07, 6.45) is 0.187. The number of nitrogens with zero attached hydrogens (tertiary/aromatic N) is 6. The fourth-order valence-corrected chi connectivity index (χ4v) is 5.38. The number of amides is 1. The predicted molar refractivity (Wildman–Crippen MR) is 135 cm³/mol. The standard InChI is InChI=1S/C23H27N9O6/c33-12-25-13-1-2-14(9-13)31-16-10-19(24-11-17(16)32(22(31)34)23(35,36)37)26-18-4-3-15-20(27-18)28-29-21(15)30-5-7-38-8-6-30/h3-4,10-14,35-37H,1-2,5-9H2,(H,25,33)(H2,24,26,27,28,29). The topological polar surface area (TPSA) is 196 Å². The molecule has 1 aliphatic heterocycles. The van der Waals surface area contributed by atoms with Gasteiger partial charge in [-0.2, -0.15) is 5.10 Å². The van der Waals surface area contributed by atoms with E-state index in [2.05, 4.69) is 35.7 Å². The lowest BCUT2D eigenvalue weighted by Gasteiger charge is -2.26. The monoisotopic (exact) mass is 525 g/mol. The molecule has 4 aromatic rings. The van der Waals surface area contributed by atoms with Gasteiger partial charge < -0.3 is 35.6 Å². The third-order valence-electron chi connectivity index (χ3n) is 7.10. The van der Waals surface area contributed by atoms with Crippen molar-refractivity contribution in [2.24, 2.45) is 0 Å². The van der Waals surface area contributed by atoms with Crippen molar-refractivity contribution >= 4 is 45.9 Å². The molecule has 15 heteroatoms. The van der Waals surface area contributed by atoms with E-state index < -0.39 is 11.8 Å². The van der Waals surface area contributed by atoms with Gasteiger partial charge in [0.25, 0.3) is 0 Å². The van der Waals surface area contributed by atoms with Crippen molar-refractivity contribution in [2.75, 3.05) is 36.5 Å². The van der Waals surface area contributed by atoms with Gasteiger partial charge in [-0.15, -0.1) is 0 Å². The van der Waals surface area contributed by atoms with Crippen molar-refractivity contribution < 1.29 is 24.9 Å². The summed E-state index contributed by atoms with van der Waals surface area (Å²) >= 11 is 0. The molecule has 6 N–H and O–H groups in total. The molecule has 0 radical (unpaired) electrons. The van der Waals surface area contributed by atoms with Crippen molar-refractivity contribution in [3.63, 3.8) is 0 Å². The van der Waals surface area contributed by atoms with Gasteiger partial charge in [0.1, 0.15) is 11.6 Å². The number of aliphatic hydroxyl groups is 3. The van der Waals surface area contributed by atoms with Crippen molar-refractivity contribution in [1.29, 1.82) is 0 Å². The molecule has 200 valence electrons. The summed E-state index contributed by atoms with van der Waals surface area (Å²) in [4.78, 5) is 35.1. The van der Waals surface area contributed by atoms with Crippen LogP contribution in [0.3, 0.4) is 0 Å². The Kier molecular flexibility index (Phi) is 5.98. The SMILES string of the molecule is O=CNC1CCC(n2c(=O)n(C(O)(O)O)c3cnc(Nc4ccc5c(N6CCOCC6)n[nH]c5n4)cc32)C1. The maximum absolute atomic E-state index is 13.2. The van der Waals surface area contributed by atoms with Crippen LogP contribution in [0.2, 0.25) is 0 Å². The van der Waals surface area contributed by atoms with Gasteiger partial charge in [0.15, 0.2) is 11.5 Å². The molecule has 2 fully saturated rings. The van der Waals surface area contributed by atoms with E-state index in [1.54, 1.807) is 12.1 Å². The lowest BCUT2D eigenvalue weighted by Crippen LogP contribution is -2.41. The van der Waals surface area contributed by atoms with Gasteiger partial charge in [-0.05, 0) is 31.4 Å². The molecule has 4 aromatic heterocycles. The van der Waals surface area contributed by atoms with Crippen LogP contribution in [-0.2, 0) is 15.6 Å².